The van der Waals surface area contributed by atoms with Gasteiger partial charge in [0.05, 0.1) is 11.0 Å². The molecule has 0 fully saturated rings. The van der Waals surface area contributed by atoms with E-state index >= 15 is 0 Å². The minimum absolute atomic E-state index is 0.551. The molecule has 2 rings (SSSR count). The maximum atomic E-state index is 11.1. The molecule has 0 saturated carbocycles. The molecule has 0 spiro atoms. The van der Waals surface area contributed by atoms with Crippen LogP contribution in [0.3, 0.4) is 0 Å². The number of likely N-dealkylation sites (N-methyl/N-ethyl adjacent to an activating group) is 1. The number of aryl methyl sites for hydroxylation is 1. The van der Waals surface area contributed by atoms with Crippen LogP contribution in [0, 0.1) is 0 Å². The number of benzene rings is 1. The number of hydrogen-bond donors (Lipinski definition) is 2. The van der Waals surface area contributed by atoms with Crippen LogP contribution in [-0.2, 0) is 17.8 Å². The summed E-state index contributed by atoms with van der Waals surface area (Å²) in [6, 6.07) is 5.96. The van der Waals surface area contributed by atoms with E-state index in [1.165, 1.54) is 6.08 Å². The van der Waals surface area contributed by atoms with E-state index in [1.807, 2.05) is 18.2 Å². The molecule has 6 heteroatoms. The lowest BCUT2D eigenvalue weighted by molar-refractivity contribution is -0.124. The lowest BCUT2D eigenvalue weighted by Crippen LogP contribution is -2.19. The Balaban J connectivity index is 2.31. The molecule has 0 aliphatic rings. The van der Waals surface area contributed by atoms with Crippen LogP contribution in [0.4, 0.5) is 0 Å². The molecule has 1 amide bonds. The minimum Gasteiger partial charge on any atom is -0.327 e. The normalized spacial score (nSPS) is 12.0. The number of imidazole rings is 1. The van der Waals surface area contributed by atoms with Crippen molar-refractivity contribution in [1.82, 2.24) is 19.9 Å². The Bertz CT molecular complexity index is 790. The molecular formula is C20H28N4O2. The van der Waals surface area contributed by atoms with Gasteiger partial charge in [-0.1, -0.05) is 25.1 Å². The van der Waals surface area contributed by atoms with Gasteiger partial charge in [-0.05, 0) is 50.7 Å². The number of amides is 1. The molecule has 0 bridgehead atoms. The van der Waals surface area contributed by atoms with E-state index in [1.54, 1.807) is 11.6 Å². The largest absolute Gasteiger partial charge is 0.327 e. The first-order valence-corrected chi connectivity index (χ1v) is 8.96. The molecule has 2 N–H and O–H groups in total. The molecule has 26 heavy (non-hydrogen) atoms. The highest BCUT2D eigenvalue weighted by Gasteiger charge is 2.11. The number of allylic oxidation sites excluding steroid dienone is 2. The van der Waals surface area contributed by atoms with Gasteiger partial charge in [-0.15, -0.1) is 0 Å². The van der Waals surface area contributed by atoms with Crippen LogP contribution >= 0.6 is 0 Å². The highest BCUT2D eigenvalue weighted by molar-refractivity contribution is 5.91. The van der Waals surface area contributed by atoms with Crippen LogP contribution in [0.2, 0.25) is 0 Å². The van der Waals surface area contributed by atoms with Crippen molar-refractivity contribution in [2.45, 2.75) is 32.7 Å². The van der Waals surface area contributed by atoms with E-state index in [0.29, 0.717) is 0 Å². The molecule has 2 aromatic rings. The Morgan fingerprint density at radius 1 is 1.35 bits per heavy atom. The maximum Gasteiger partial charge on any atom is 0.267 e. The monoisotopic (exact) mass is 356 g/mol. The first kappa shape index (κ1) is 19.9. The van der Waals surface area contributed by atoms with Gasteiger partial charge >= 0.3 is 0 Å². The van der Waals surface area contributed by atoms with Crippen molar-refractivity contribution in [2.75, 3.05) is 20.6 Å². The summed E-state index contributed by atoms with van der Waals surface area (Å²) in [5.41, 5.74) is 4.48. The zero-order valence-electron chi connectivity index (χ0n) is 15.8. The standard InChI is InChI=1S/C20H28N4O2/c1-4-5-6-7-8-19-21-17-15-16(10-12-20(25)22-26)9-11-18(17)24(19)14-13-23(2)3/h5-6,9-12,15,26H,4,7-8,13-14H2,1-3H3,(H,22,25)/b6-5+,12-10+. The van der Waals surface area contributed by atoms with Crippen LogP contribution in [0.5, 0.6) is 0 Å². The summed E-state index contributed by atoms with van der Waals surface area (Å²) in [6.07, 6.45) is 10.3. The van der Waals surface area contributed by atoms with Crippen molar-refractivity contribution in [3.63, 3.8) is 0 Å². The van der Waals surface area contributed by atoms with Gasteiger partial charge in [0.15, 0.2) is 0 Å². The molecule has 0 aliphatic heterocycles. The van der Waals surface area contributed by atoms with Crippen molar-refractivity contribution in [3.8, 4) is 0 Å². The Morgan fingerprint density at radius 2 is 2.15 bits per heavy atom. The van der Waals surface area contributed by atoms with Crippen LogP contribution in [0.15, 0.2) is 36.4 Å². The van der Waals surface area contributed by atoms with E-state index in [2.05, 4.69) is 42.6 Å². The molecule has 1 aromatic carbocycles. The van der Waals surface area contributed by atoms with Gasteiger partial charge in [0, 0.05) is 25.6 Å². The number of hydrogen-bond acceptors (Lipinski definition) is 4. The smallest absolute Gasteiger partial charge is 0.267 e. The minimum atomic E-state index is -0.551. The molecule has 1 aromatic heterocycles. The third kappa shape index (κ3) is 5.54. The van der Waals surface area contributed by atoms with Gasteiger partial charge in [0.2, 0.25) is 0 Å². The Hall–Kier alpha value is -2.44. The van der Waals surface area contributed by atoms with Crippen LogP contribution < -0.4 is 5.48 Å². The van der Waals surface area contributed by atoms with Crippen molar-refractivity contribution < 1.29 is 10.0 Å². The molecule has 0 atom stereocenters. The van der Waals surface area contributed by atoms with E-state index in [9.17, 15) is 4.79 Å². The van der Waals surface area contributed by atoms with Crippen molar-refractivity contribution in [1.29, 1.82) is 0 Å². The second kappa shape index (κ2) is 9.89. The third-order valence-corrected chi connectivity index (χ3v) is 4.10. The predicted octanol–water partition coefficient (Wildman–Crippen LogP) is 3.02. The Kier molecular flexibility index (Phi) is 7.56. The van der Waals surface area contributed by atoms with Crippen molar-refractivity contribution in [2.24, 2.45) is 0 Å². The van der Waals surface area contributed by atoms with Crippen LogP contribution in [0.25, 0.3) is 17.1 Å². The highest BCUT2D eigenvalue weighted by atomic mass is 16.5. The van der Waals surface area contributed by atoms with Gasteiger partial charge in [-0.2, -0.15) is 0 Å². The average Bonchev–Trinajstić information content (AvgIpc) is 2.98. The van der Waals surface area contributed by atoms with Crippen LogP contribution in [-0.4, -0.2) is 46.2 Å². The van der Waals surface area contributed by atoms with E-state index in [-0.39, 0.29) is 0 Å². The zero-order valence-corrected chi connectivity index (χ0v) is 15.8. The Morgan fingerprint density at radius 3 is 2.85 bits per heavy atom. The summed E-state index contributed by atoms with van der Waals surface area (Å²) in [5.74, 6) is 0.529. The van der Waals surface area contributed by atoms with Crippen molar-refractivity contribution in [3.05, 3.63) is 47.8 Å². The second-order valence-corrected chi connectivity index (χ2v) is 6.46. The molecule has 140 valence electrons. The zero-order chi connectivity index (χ0) is 18.9. The molecule has 0 unspecified atom stereocenters. The SMILES string of the molecule is CC/C=C/CCc1nc2cc(/C=C/C(=O)NO)ccc2n1CCN(C)C. The molecule has 0 aliphatic carbocycles. The van der Waals surface area contributed by atoms with Gasteiger partial charge in [0.1, 0.15) is 5.82 Å². The topological polar surface area (TPSA) is 70.4 Å². The fourth-order valence-corrected chi connectivity index (χ4v) is 2.75. The van der Waals surface area contributed by atoms with Gasteiger partial charge < -0.3 is 9.47 Å². The van der Waals surface area contributed by atoms with Gasteiger partial charge in [-0.25, -0.2) is 10.5 Å². The van der Waals surface area contributed by atoms with E-state index in [0.717, 1.165) is 54.8 Å². The number of fused-ring (bicyclic) bond motifs is 1. The number of aromatic nitrogens is 2. The maximum absolute atomic E-state index is 11.1. The highest BCUT2D eigenvalue weighted by Crippen LogP contribution is 2.20. The fraction of sp³-hybridized carbons (Fsp3) is 0.400. The molecule has 0 saturated heterocycles. The summed E-state index contributed by atoms with van der Waals surface area (Å²) in [4.78, 5) is 18.1. The number of nitrogens with zero attached hydrogens (tertiary/aromatic N) is 3. The number of nitrogens with one attached hydrogen (secondary N) is 1. The summed E-state index contributed by atoms with van der Waals surface area (Å²) in [6.45, 7) is 3.97. The average molecular weight is 356 g/mol. The van der Waals surface area contributed by atoms with Gasteiger partial charge in [0.25, 0.3) is 5.91 Å². The summed E-state index contributed by atoms with van der Waals surface area (Å²) in [5, 5.41) is 8.57. The predicted molar refractivity (Wildman–Crippen MR) is 105 cm³/mol. The van der Waals surface area contributed by atoms with Gasteiger partial charge in [-0.3, -0.25) is 10.0 Å². The van der Waals surface area contributed by atoms with E-state index < -0.39 is 5.91 Å². The number of carbonyl (C=O) groups is 1. The summed E-state index contributed by atoms with van der Waals surface area (Å²) < 4.78 is 2.28. The summed E-state index contributed by atoms with van der Waals surface area (Å²) in [7, 11) is 4.13. The number of carbonyl (C=O) groups excluding carboxylic acids is 1. The lowest BCUT2D eigenvalue weighted by Gasteiger charge is -2.13. The van der Waals surface area contributed by atoms with Crippen molar-refractivity contribution >= 4 is 23.0 Å². The lowest BCUT2D eigenvalue weighted by atomic mass is 10.2. The third-order valence-electron chi connectivity index (χ3n) is 4.10. The van der Waals surface area contributed by atoms with Crippen LogP contribution in [0.1, 0.15) is 31.2 Å². The number of hydroxylamine groups is 1. The molecule has 0 radical (unpaired) electrons. The fourth-order valence-electron chi connectivity index (χ4n) is 2.75. The quantitative estimate of drug-likeness (QED) is 0.314. The summed E-state index contributed by atoms with van der Waals surface area (Å²) >= 11 is 0. The first-order chi connectivity index (χ1) is 12.5. The first-order valence-electron chi connectivity index (χ1n) is 8.96. The molecular weight excluding hydrogens is 328 g/mol. The molecule has 1 heterocycles. The van der Waals surface area contributed by atoms with E-state index in [4.69, 9.17) is 10.2 Å². The number of rotatable bonds is 9. The molecule has 6 nitrogen and oxygen atoms in total. The second-order valence-electron chi connectivity index (χ2n) is 6.46. The Labute approximate surface area is 154 Å².